The molecule has 1 aliphatic carbocycles. The minimum atomic E-state index is 0.989. The van der Waals surface area contributed by atoms with Gasteiger partial charge in [0.1, 0.15) is 0 Å². The Hall–Kier alpha value is 0.700. The number of rotatable bonds is 10. The molecule has 0 bridgehead atoms. The van der Waals surface area contributed by atoms with Crippen molar-refractivity contribution >= 4 is 24.4 Å². The normalized spacial score (nSPS) is 24.3. The van der Waals surface area contributed by atoms with Crippen LogP contribution in [0.2, 0.25) is 0 Å². The van der Waals surface area contributed by atoms with Gasteiger partial charge in [-0.15, -0.1) is 0 Å². The summed E-state index contributed by atoms with van der Waals surface area (Å²) in [5.41, 5.74) is 0. The molecule has 0 nitrogen and oxygen atoms in total. The van der Waals surface area contributed by atoms with Gasteiger partial charge in [-0.1, -0.05) is 51.9 Å². The van der Waals surface area contributed by atoms with Gasteiger partial charge in [0, 0.05) is 5.25 Å². The highest BCUT2D eigenvalue weighted by atomic mass is 32.2. The molecule has 0 N–H and O–H groups in total. The van der Waals surface area contributed by atoms with Crippen molar-refractivity contribution in [3.63, 3.8) is 0 Å². The highest BCUT2D eigenvalue weighted by Crippen LogP contribution is 2.32. The van der Waals surface area contributed by atoms with Crippen molar-refractivity contribution in [2.45, 2.75) is 82.8 Å². The van der Waals surface area contributed by atoms with Crippen LogP contribution in [0, 0.1) is 5.92 Å². The lowest BCUT2D eigenvalue weighted by molar-refractivity contribution is 0.394. The van der Waals surface area contributed by atoms with Crippen LogP contribution in [0.1, 0.15) is 77.6 Å². The molecule has 0 heterocycles. The van der Waals surface area contributed by atoms with Crippen LogP contribution < -0.4 is 0 Å². The van der Waals surface area contributed by atoms with Crippen molar-refractivity contribution in [1.82, 2.24) is 0 Å². The van der Waals surface area contributed by atoms with Crippen LogP contribution in [0.5, 0.6) is 0 Å². The zero-order valence-electron chi connectivity index (χ0n) is 12.2. The van der Waals surface area contributed by atoms with Crippen molar-refractivity contribution in [2.24, 2.45) is 5.92 Å². The molecule has 2 unspecified atom stereocenters. The van der Waals surface area contributed by atoms with E-state index in [0.29, 0.717) is 0 Å². The van der Waals surface area contributed by atoms with Gasteiger partial charge in [0.2, 0.25) is 0 Å². The van der Waals surface area contributed by atoms with Gasteiger partial charge in [-0.2, -0.15) is 24.4 Å². The van der Waals surface area contributed by atoms with Crippen molar-refractivity contribution in [3.8, 4) is 0 Å². The van der Waals surface area contributed by atoms with Crippen LogP contribution >= 0.6 is 24.4 Å². The van der Waals surface area contributed by atoms with E-state index in [-0.39, 0.29) is 0 Å². The summed E-state index contributed by atoms with van der Waals surface area (Å²) < 4.78 is 0. The minimum Gasteiger partial charge on any atom is -0.179 e. The fourth-order valence-corrected chi connectivity index (χ4v) is 4.60. The minimum absolute atomic E-state index is 0.989. The molecule has 1 aliphatic rings. The highest BCUT2D eigenvalue weighted by molar-refractivity contribution is 7.99. The van der Waals surface area contributed by atoms with E-state index in [0.717, 1.165) is 16.9 Å². The molecule has 0 aromatic carbocycles. The fraction of sp³-hybridized carbons (Fsp3) is 1.00. The molecule has 0 aromatic rings. The van der Waals surface area contributed by atoms with Crippen LogP contribution in [0.15, 0.2) is 0 Å². The van der Waals surface area contributed by atoms with E-state index < -0.39 is 0 Å². The quantitative estimate of drug-likeness (QED) is 0.382. The predicted octanol–water partition coefficient (Wildman–Crippen LogP) is 5.96. The number of thioether (sulfide) groups is 1. The summed E-state index contributed by atoms with van der Waals surface area (Å²) in [5.74, 6) is 3.47. The van der Waals surface area contributed by atoms with Crippen molar-refractivity contribution in [2.75, 3.05) is 11.5 Å². The Kier molecular flexibility index (Phi) is 10.7. The largest absolute Gasteiger partial charge is 0.179 e. The summed E-state index contributed by atoms with van der Waals surface area (Å²) in [5, 5.41) is 0.990. The predicted molar refractivity (Wildman–Crippen MR) is 90.1 cm³/mol. The Morgan fingerprint density at radius 3 is 2.28 bits per heavy atom. The van der Waals surface area contributed by atoms with Crippen molar-refractivity contribution in [3.05, 3.63) is 0 Å². The van der Waals surface area contributed by atoms with Gasteiger partial charge in [0.05, 0.1) is 0 Å². The lowest BCUT2D eigenvalue weighted by Crippen LogP contribution is -2.15. The Balaban J connectivity index is 1.80. The maximum atomic E-state index is 4.25. The Morgan fingerprint density at radius 2 is 1.61 bits per heavy atom. The lowest BCUT2D eigenvalue weighted by Gasteiger charge is -2.26. The third-order valence-corrected chi connectivity index (χ3v) is 5.78. The summed E-state index contributed by atoms with van der Waals surface area (Å²) in [4.78, 5) is 0. The van der Waals surface area contributed by atoms with Gasteiger partial charge in [-0.3, -0.25) is 0 Å². The standard InChI is InChI=1S/C16H32S2/c1-15-10-9-11-16(14-15)18-13-8-6-4-2-3-5-7-12-17/h15-17H,2-14H2,1H3. The fourth-order valence-electron chi connectivity index (χ4n) is 2.88. The maximum Gasteiger partial charge on any atom is 0.00495 e. The Bertz CT molecular complexity index is 182. The zero-order chi connectivity index (χ0) is 13.1. The van der Waals surface area contributed by atoms with Crippen LogP contribution in [0.4, 0.5) is 0 Å². The molecule has 0 amide bonds. The maximum absolute atomic E-state index is 4.25. The SMILES string of the molecule is CC1CCCC(SCCCCCCCCCS)C1. The summed E-state index contributed by atoms with van der Waals surface area (Å²) in [7, 11) is 0. The summed E-state index contributed by atoms with van der Waals surface area (Å²) in [6.07, 6.45) is 15.8. The number of thiol groups is 1. The van der Waals surface area contributed by atoms with Gasteiger partial charge in [-0.25, -0.2) is 0 Å². The first-order valence-electron chi connectivity index (χ1n) is 8.05. The molecule has 0 spiro atoms. The molecule has 0 saturated heterocycles. The second-order valence-electron chi connectivity index (χ2n) is 5.96. The summed E-state index contributed by atoms with van der Waals surface area (Å²) in [6, 6.07) is 0. The first kappa shape index (κ1) is 16.8. The topological polar surface area (TPSA) is 0 Å². The average Bonchev–Trinajstić information content (AvgIpc) is 2.37. The third kappa shape index (κ3) is 8.74. The summed E-state index contributed by atoms with van der Waals surface area (Å²) >= 11 is 6.51. The van der Waals surface area contributed by atoms with Gasteiger partial charge in [-0.05, 0) is 43.1 Å². The van der Waals surface area contributed by atoms with Gasteiger partial charge in [0.15, 0.2) is 0 Å². The average molecular weight is 289 g/mol. The molecule has 18 heavy (non-hydrogen) atoms. The molecule has 1 saturated carbocycles. The van der Waals surface area contributed by atoms with E-state index in [1.807, 2.05) is 0 Å². The monoisotopic (exact) mass is 288 g/mol. The molecule has 0 aromatic heterocycles. The lowest BCUT2D eigenvalue weighted by atomic mass is 9.91. The molecule has 2 atom stereocenters. The van der Waals surface area contributed by atoms with E-state index >= 15 is 0 Å². The molecular weight excluding hydrogens is 256 g/mol. The van der Waals surface area contributed by atoms with Gasteiger partial charge < -0.3 is 0 Å². The number of hydrogen-bond donors (Lipinski definition) is 1. The van der Waals surface area contributed by atoms with E-state index in [1.165, 1.54) is 76.4 Å². The first-order valence-corrected chi connectivity index (χ1v) is 9.73. The van der Waals surface area contributed by atoms with E-state index in [1.54, 1.807) is 0 Å². The molecule has 1 fully saturated rings. The molecular formula is C16H32S2. The number of hydrogen-bond acceptors (Lipinski definition) is 2. The second kappa shape index (κ2) is 11.5. The van der Waals surface area contributed by atoms with Crippen LogP contribution in [0.25, 0.3) is 0 Å². The summed E-state index contributed by atoms with van der Waals surface area (Å²) in [6.45, 7) is 2.43. The molecule has 2 heteroatoms. The van der Waals surface area contributed by atoms with Crippen LogP contribution in [-0.2, 0) is 0 Å². The number of unbranched alkanes of at least 4 members (excludes halogenated alkanes) is 6. The molecule has 0 aliphatic heterocycles. The molecule has 1 rings (SSSR count). The second-order valence-corrected chi connectivity index (χ2v) is 7.82. The molecule has 108 valence electrons. The first-order chi connectivity index (χ1) is 8.83. The zero-order valence-corrected chi connectivity index (χ0v) is 13.9. The van der Waals surface area contributed by atoms with Crippen LogP contribution in [-0.4, -0.2) is 16.8 Å². The molecule has 0 radical (unpaired) electrons. The smallest absolute Gasteiger partial charge is 0.00495 e. The highest BCUT2D eigenvalue weighted by Gasteiger charge is 2.18. The van der Waals surface area contributed by atoms with Gasteiger partial charge in [0.25, 0.3) is 0 Å². The van der Waals surface area contributed by atoms with Crippen molar-refractivity contribution in [1.29, 1.82) is 0 Å². The van der Waals surface area contributed by atoms with E-state index in [9.17, 15) is 0 Å². The van der Waals surface area contributed by atoms with E-state index in [4.69, 9.17) is 0 Å². The Labute approximate surface area is 124 Å². The van der Waals surface area contributed by atoms with Crippen LogP contribution in [0.3, 0.4) is 0 Å². The Morgan fingerprint density at radius 1 is 0.944 bits per heavy atom. The third-order valence-electron chi connectivity index (χ3n) is 4.04. The van der Waals surface area contributed by atoms with Gasteiger partial charge >= 0.3 is 0 Å². The van der Waals surface area contributed by atoms with E-state index in [2.05, 4.69) is 31.3 Å². The van der Waals surface area contributed by atoms with Crippen molar-refractivity contribution < 1.29 is 0 Å².